The van der Waals surface area contributed by atoms with Crippen LogP contribution < -0.4 is 24.9 Å². The van der Waals surface area contributed by atoms with E-state index < -0.39 is 11.0 Å². The van der Waals surface area contributed by atoms with Gasteiger partial charge < -0.3 is 14.5 Å². The van der Waals surface area contributed by atoms with Gasteiger partial charge in [0.05, 0.1) is 39.5 Å². The molecule has 210 valence electrons. The summed E-state index contributed by atoms with van der Waals surface area (Å²) < 4.78 is 12.9. The first kappa shape index (κ1) is 27.1. The highest BCUT2D eigenvalue weighted by Gasteiger charge is 2.33. The largest absolute Gasteiger partial charge is 0.497 e. The molecular weight excluding hydrogens is 576 g/mol. The number of anilines is 1. The molecule has 0 saturated heterocycles. The number of ether oxygens (including phenoxy) is 1. The second kappa shape index (κ2) is 11.1. The van der Waals surface area contributed by atoms with Crippen molar-refractivity contribution in [1.29, 1.82) is 0 Å². The zero-order valence-electron chi connectivity index (χ0n) is 22.3. The average Bonchev–Trinajstić information content (AvgIpc) is 3.74. The summed E-state index contributed by atoms with van der Waals surface area (Å²) in [5.74, 6) is 0.624. The van der Waals surface area contributed by atoms with E-state index in [-0.39, 0.29) is 28.5 Å². The number of benzene rings is 2. The van der Waals surface area contributed by atoms with E-state index >= 15 is 0 Å². The molecule has 6 rings (SSSR count). The van der Waals surface area contributed by atoms with Gasteiger partial charge in [0.2, 0.25) is 0 Å². The quantitative estimate of drug-likeness (QED) is 0.205. The summed E-state index contributed by atoms with van der Waals surface area (Å²) in [7, 11) is 1.43. The third-order valence-electron chi connectivity index (χ3n) is 6.68. The van der Waals surface area contributed by atoms with Crippen molar-refractivity contribution in [3.8, 4) is 17.1 Å². The van der Waals surface area contributed by atoms with Gasteiger partial charge in [-0.05, 0) is 54.8 Å². The number of methoxy groups -OCH3 is 1. The Morgan fingerprint density at radius 1 is 1.14 bits per heavy atom. The number of allylic oxidation sites excluding steroid dienone is 1. The molecule has 0 spiro atoms. The average molecular weight is 599 g/mol. The molecule has 0 bridgehead atoms. The highest BCUT2D eigenvalue weighted by molar-refractivity contribution is 7.10. The fourth-order valence-electron chi connectivity index (χ4n) is 4.75. The van der Waals surface area contributed by atoms with Crippen LogP contribution in [0.25, 0.3) is 17.4 Å². The van der Waals surface area contributed by atoms with E-state index in [1.807, 2.05) is 35.7 Å². The van der Waals surface area contributed by atoms with Crippen LogP contribution in [0.3, 0.4) is 0 Å². The molecule has 42 heavy (non-hydrogen) atoms. The molecule has 12 heteroatoms. The number of hydrogen-bond acceptors (Lipinski definition) is 9. The van der Waals surface area contributed by atoms with Crippen LogP contribution in [0.4, 0.5) is 11.4 Å². The Labute approximate surface area is 246 Å². The normalized spacial score (nSPS) is 14.8. The van der Waals surface area contributed by atoms with Crippen LogP contribution in [0.1, 0.15) is 23.6 Å². The van der Waals surface area contributed by atoms with Crippen LogP contribution in [0.5, 0.6) is 5.75 Å². The number of furan rings is 1. The maximum Gasteiger partial charge on any atom is 0.284 e. The number of hydrogen-bond donors (Lipinski definition) is 1. The van der Waals surface area contributed by atoms with Gasteiger partial charge in [0.15, 0.2) is 4.80 Å². The number of nitro benzene ring substituents is 1. The van der Waals surface area contributed by atoms with Crippen LogP contribution >= 0.6 is 22.7 Å². The Balaban J connectivity index is 1.41. The lowest BCUT2D eigenvalue weighted by atomic mass is 10.0. The topological polar surface area (TPSA) is 129 Å². The molecule has 0 radical (unpaired) electrons. The minimum absolute atomic E-state index is 0.164. The van der Waals surface area contributed by atoms with Crippen molar-refractivity contribution in [2.24, 2.45) is 4.99 Å². The molecule has 1 amide bonds. The molecule has 4 heterocycles. The first-order valence-electron chi connectivity index (χ1n) is 12.7. The summed E-state index contributed by atoms with van der Waals surface area (Å²) in [6.07, 6.45) is 1.58. The molecule has 3 aromatic heterocycles. The van der Waals surface area contributed by atoms with E-state index in [4.69, 9.17) is 9.15 Å². The summed E-state index contributed by atoms with van der Waals surface area (Å²) in [5, 5.41) is 16.5. The van der Waals surface area contributed by atoms with Gasteiger partial charge in [0.25, 0.3) is 17.2 Å². The predicted molar refractivity (Wildman–Crippen MR) is 161 cm³/mol. The number of para-hydroxylation sites is 1. The van der Waals surface area contributed by atoms with Gasteiger partial charge in [-0.15, -0.1) is 11.3 Å². The van der Waals surface area contributed by atoms with Crippen molar-refractivity contribution < 1.29 is 18.9 Å². The molecule has 10 nitrogen and oxygen atoms in total. The third-order valence-corrected chi connectivity index (χ3v) is 8.59. The molecule has 1 N–H and O–H groups in total. The van der Waals surface area contributed by atoms with E-state index in [0.717, 1.165) is 4.88 Å². The Hall–Kier alpha value is -5.07. The summed E-state index contributed by atoms with van der Waals surface area (Å²) >= 11 is 2.63. The van der Waals surface area contributed by atoms with Gasteiger partial charge in [-0.2, -0.15) is 0 Å². The van der Waals surface area contributed by atoms with E-state index in [1.165, 1.54) is 40.4 Å². The Morgan fingerprint density at radius 3 is 2.67 bits per heavy atom. The van der Waals surface area contributed by atoms with Gasteiger partial charge in [0.1, 0.15) is 23.3 Å². The maximum atomic E-state index is 13.8. The monoisotopic (exact) mass is 598 g/mol. The Morgan fingerprint density at radius 2 is 1.95 bits per heavy atom. The predicted octanol–water partition coefficient (Wildman–Crippen LogP) is 5.11. The van der Waals surface area contributed by atoms with Crippen LogP contribution in [0.2, 0.25) is 0 Å². The minimum Gasteiger partial charge on any atom is -0.497 e. The highest BCUT2D eigenvalue weighted by Crippen LogP contribution is 2.35. The van der Waals surface area contributed by atoms with Crippen LogP contribution in [-0.4, -0.2) is 22.5 Å². The smallest absolute Gasteiger partial charge is 0.284 e. The van der Waals surface area contributed by atoms with Gasteiger partial charge >= 0.3 is 0 Å². The second-order valence-corrected chi connectivity index (χ2v) is 11.2. The van der Waals surface area contributed by atoms with Gasteiger partial charge in [-0.3, -0.25) is 24.3 Å². The van der Waals surface area contributed by atoms with Crippen LogP contribution in [0, 0.1) is 10.1 Å². The Bertz CT molecular complexity index is 2040. The first-order valence-corrected chi connectivity index (χ1v) is 14.4. The lowest BCUT2D eigenvalue weighted by molar-refractivity contribution is -0.384. The number of nitrogens with zero attached hydrogens (tertiary/aromatic N) is 3. The molecule has 0 fully saturated rings. The minimum atomic E-state index is -0.666. The lowest BCUT2D eigenvalue weighted by Gasteiger charge is -2.24. The summed E-state index contributed by atoms with van der Waals surface area (Å²) in [4.78, 5) is 44.5. The highest BCUT2D eigenvalue weighted by atomic mass is 32.1. The van der Waals surface area contributed by atoms with Crippen molar-refractivity contribution in [3.05, 3.63) is 130 Å². The number of rotatable bonds is 7. The van der Waals surface area contributed by atoms with Crippen molar-refractivity contribution >= 4 is 46.0 Å². The first-order chi connectivity index (χ1) is 20.3. The molecule has 1 atom stereocenters. The summed E-state index contributed by atoms with van der Waals surface area (Å²) in [5.41, 5.74) is 1.32. The van der Waals surface area contributed by atoms with Gasteiger partial charge in [0, 0.05) is 16.6 Å². The zero-order valence-corrected chi connectivity index (χ0v) is 23.9. The standard InChI is InChI=1S/C30H22N4O6S2/c1-17-26(28(35)32-18-7-4-3-5-8-18)27(24-9-6-14-41-24)33-29(36)25(42-30(33)31-17)16-20-11-13-23(40-20)21-12-10-19(39-2)15-22(21)34(37)38/h3-16,27H,1-2H3,(H,32,35)/b25-16-. The van der Waals surface area contributed by atoms with E-state index in [9.17, 15) is 19.7 Å². The number of thiazole rings is 1. The van der Waals surface area contributed by atoms with Crippen LogP contribution in [-0.2, 0) is 4.79 Å². The molecule has 2 aromatic carbocycles. The lowest BCUT2D eigenvalue weighted by Crippen LogP contribution is -2.40. The number of carbonyl (C=O) groups is 1. The van der Waals surface area contributed by atoms with Crippen molar-refractivity contribution in [3.63, 3.8) is 0 Å². The zero-order chi connectivity index (χ0) is 29.4. The van der Waals surface area contributed by atoms with Crippen molar-refractivity contribution in [2.45, 2.75) is 13.0 Å². The summed E-state index contributed by atoms with van der Waals surface area (Å²) in [6.45, 7) is 1.76. The third kappa shape index (κ3) is 4.97. The van der Waals surface area contributed by atoms with Gasteiger partial charge in [-0.25, -0.2) is 4.99 Å². The molecular formula is C30H22N4O6S2. The fourth-order valence-corrected chi connectivity index (χ4v) is 6.60. The van der Waals surface area contributed by atoms with E-state index in [2.05, 4.69) is 10.3 Å². The number of aromatic nitrogens is 1. The number of thiophene rings is 1. The Kier molecular flexibility index (Phi) is 7.15. The molecule has 1 aliphatic heterocycles. The number of nitrogens with one attached hydrogen (secondary N) is 1. The number of amides is 1. The van der Waals surface area contributed by atoms with E-state index in [1.54, 1.807) is 49.4 Å². The molecule has 0 saturated carbocycles. The maximum absolute atomic E-state index is 13.8. The molecule has 5 aromatic rings. The fraction of sp³-hybridized carbons (Fsp3) is 0.100. The summed E-state index contributed by atoms with van der Waals surface area (Å²) in [6, 6.07) is 20.0. The second-order valence-electron chi connectivity index (χ2n) is 9.26. The number of fused-ring (bicyclic) bond motifs is 1. The number of carbonyl (C=O) groups excluding carboxylic acids is 1. The van der Waals surface area contributed by atoms with Crippen molar-refractivity contribution in [2.75, 3.05) is 12.4 Å². The van der Waals surface area contributed by atoms with Gasteiger partial charge in [-0.1, -0.05) is 35.6 Å². The SMILES string of the molecule is COc1ccc(-c2ccc(/C=c3\sc4n(c3=O)C(c3cccs3)C(C(=O)Nc3ccccc3)=C(C)N=4)o2)c([N+](=O)[O-])c1. The molecule has 1 aliphatic rings. The molecule has 0 aliphatic carbocycles. The van der Waals surface area contributed by atoms with E-state index in [0.29, 0.717) is 37.8 Å². The molecule has 1 unspecified atom stereocenters. The van der Waals surface area contributed by atoms with Crippen molar-refractivity contribution in [1.82, 2.24) is 4.57 Å². The van der Waals surface area contributed by atoms with Crippen LogP contribution in [0.15, 0.2) is 104 Å². The number of nitro groups is 1.